The molecule has 0 spiro atoms. The largest absolute Gasteiger partial charge is 0.322 e. The van der Waals surface area contributed by atoms with Crippen molar-refractivity contribution in [3.05, 3.63) is 41.5 Å². The van der Waals surface area contributed by atoms with Gasteiger partial charge in [-0.3, -0.25) is 14.4 Å². The SMILES string of the molecule is Cc1nn(C)c(C)c1NC(=O)CN1CCCN(S(=O)(=O)c2ccc(F)cc2)CC1. The Balaban J connectivity index is 1.61. The topological polar surface area (TPSA) is 87.5 Å². The van der Waals surface area contributed by atoms with Crippen molar-refractivity contribution in [2.75, 3.05) is 38.0 Å². The third-order valence-corrected chi connectivity index (χ3v) is 7.05. The second-order valence-electron chi connectivity index (χ2n) is 7.21. The molecule has 8 nitrogen and oxygen atoms in total. The van der Waals surface area contributed by atoms with Gasteiger partial charge in [0.2, 0.25) is 15.9 Å². The zero-order valence-corrected chi connectivity index (χ0v) is 17.7. The van der Waals surface area contributed by atoms with E-state index in [9.17, 15) is 17.6 Å². The van der Waals surface area contributed by atoms with E-state index in [1.165, 1.54) is 16.4 Å². The van der Waals surface area contributed by atoms with Crippen LogP contribution in [0.5, 0.6) is 0 Å². The molecule has 0 radical (unpaired) electrons. The van der Waals surface area contributed by atoms with Crippen LogP contribution < -0.4 is 5.32 Å². The smallest absolute Gasteiger partial charge is 0.243 e. The summed E-state index contributed by atoms with van der Waals surface area (Å²) in [7, 11) is -1.86. The van der Waals surface area contributed by atoms with Crippen LogP contribution in [0.25, 0.3) is 0 Å². The van der Waals surface area contributed by atoms with Crippen molar-refractivity contribution in [3.8, 4) is 0 Å². The van der Waals surface area contributed by atoms with Gasteiger partial charge in [0, 0.05) is 26.7 Å². The number of carbonyl (C=O) groups excluding carboxylic acids is 1. The van der Waals surface area contributed by atoms with Crippen molar-refractivity contribution in [2.45, 2.75) is 25.2 Å². The summed E-state index contributed by atoms with van der Waals surface area (Å²) in [6.07, 6.45) is 0.610. The highest BCUT2D eigenvalue weighted by molar-refractivity contribution is 7.89. The number of halogens is 1. The molecule has 1 N–H and O–H groups in total. The maximum absolute atomic E-state index is 13.1. The highest BCUT2D eigenvalue weighted by Crippen LogP contribution is 2.20. The summed E-state index contributed by atoms with van der Waals surface area (Å²) >= 11 is 0. The maximum Gasteiger partial charge on any atom is 0.243 e. The number of anilines is 1. The van der Waals surface area contributed by atoms with E-state index in [0.717, 1.165) is 23.5 Å². The van der Waals surface area contributed by atoms with Gasteiger partial charge in [-0.05, 0) is 51.1 Å². The summed E-state index contributed by atoms with van der Waals surface area (Å²) < 4.78 is 41.8. The highest BCUT2D eigenvalue weighted by atomic mass is 32.2. The van der Waals surface area contributed by atoms with Crippen LogP contribution in [-0.2, 0) is 21.9 Å². The number of carbonyl (C=O) groups is 1. The van der Waals surface area contributed by atoms with Gasteiger partial charge in [0.05, 0.1) is 28.5 Å². The number of hydrogen-bond acceptors (Lipinski definition) is 5. The Morgan fingerprint density at radius 1 is 1.14 bits per heavy atom. The zero-order valence-electron chi connectivity index (χ0n) is 16.9. The van der Waals surface area contributed by atoms with Crippen molar-refractivity contribution in [2.24, 2.45) is 7.05 Å². The van der Waals surface area contributed by atoms with Crippen LogP contribution in [-0.4, -0.2) is 66.0 Å². The molecule has 2 heterocycles. The van der Waals surface area contributed by atoms with E-state index in [1.54, 1.807) is 4.68 Å². The summed E-state index contributed by atoms with van der Waals surface area (Å²) in [5, 5.41) is 7.20. The molecule has 1 saturated heterocycles. The molecule has 0 saturated carbocycles. The number of aromatic nitrogens is 2. The molecule has 29 heavy (non-hydrogen) atoms. The Bertz CT molecular complexity index is 988. The molecule has 1 aliphatic heterocycles. The van der Waals surface area contributed by atoms with Crippen molar-refractivity contribution >= 4 is 21.6 Å². The van der Waals surface area contributed by atoms with E-state index in [4.69, 9.17) is 0 Å². The van der Waals surface area contributed by atoms with Crippen LogP contribution in [0.2, 0.25) is 0 Å². The van der Waals surface area contributed by atoms with Gasteiger partial charge in [-0.1, -0.05) is 0 Å². The average molecular weight is 424 g/mol. The van der Waals surface area contributed by atoms with E-state index < -0.39 is 15.8 Å². The predicted molar refractivity (Wildman–Crippen MR) is 108 cm³/mol. The summed E-state index contributed by atoms with van der Waals surface area (Å²) in [5.74, 6) is -0.630. The Hall–Kier alpha value is -2.30. The van der Waals surface area contributed by atoms with E-state index in [2.05, 4.69) is 10.4 Å². The fraction of sp³-hybridized carbons (Fsp3) is 0.474. The van der Waals surface area contributed by atoms with Crippen molar-refractivity contribution in [1.29, 1.82) is 0 Å². The molecular formula is C19H26FN5O3S. The van der Waals surface area contributed by atoms with E-state index in [0.29, 0.717) is 31.7 Å². The first-order valence-corrected chi connectivity index (χ1v) is 10.9. The molecule has 1 aromatic heterocycles. The van der Waals surface area contributed by atoms with Crippen molar-refractivity contribution in [3.63, 3.8) is 0 Å². The van der Waals surface area contributed by atoms with Crippen LogP contribution in [0, 0.1) is 19.7 Å². The van der Waals surface area contributed by atoms with E-state index in [1.807, 2.05) is 25.8 Å². The summed E-state index contributed by atoms with van der Waals surface area (Å²) in [6.45, 7) is 5.61. The molecule has 1 aromatic carbocycles. The van der Waals surface area contributed by atoms with Gasteiger partial charge in [-0.25, -0.2) is 12.8 Å². The molecule has 0 unspecified atom stereocenters. The van der Waals surface area contributed by atoms with Gasteiger partial charge in [0.25, 0.3) is 0 Å². The third kappa shape index (κ3) is 4.82. The lowest BCUT2D eigenvalue weighted by Gasteiger charge is -2.21. The Morgan fingerprint density at radius 3 is 2.45 bits per heavy atom. The Labute approximate surface area is 170 Å². The molecule has 1 amide bonds. The fourth-order valence-electron chi connectivity index (χ4n) is 3.44. The number of benzene rings is 1. The lowest BCUT2D eigenvalue weighted by atomic mass is 10.3. The number of nitrogens with one attached hydrogen (secondary N) is 1. The number of rotatable bonds is 5. The molecule has 0 aliphatic carbocycles. The van der Waals surface area contributed by atoms with E-state index in [-0.39, 0.29) is 23.9 Å². The maximum atomic E-state index is 13.1. The minimum atomic E-state index is -3.68. The fourth-order valence-corrected chi connectivity index (χ4v) is 4.91. The monoisotopic (exact) mass is 423 g/mol. The zero-order chi connectivity index (χ0) is 21.2. The molecule has 10 heteroatoms. The minimum absolute atomic E-state index is 0.0765. The van der Waals surface area contributed by atoms with Gasteiger partial charge >= 0.3 is 0 Å². The molecule has 158 valence electrons. The van der Waals surface area contributed by atoms with Gasteiger partial charge < -0.3 is 5.32 Å². The van der Waals surface area contributed by atoms with Gasteiger partial charge in [-0.2, -0.15) is 9.40 Å². The number of hydrogen-bond donors (Lipinski definition) is 1. The van der Waals surface area contributed by atoms with Crippen LogP contribution in [0.4, 0.5) is 10.1 Å². The lowest BCUT2D eigenvalue weighted by molar-refractivity contribution is -0.117. The van der Waals surface area contributed by atoms with Crippen molar-refractivity contribution < 1.29 is 17.6 Å². The quantitative estimate of drug-likeness (QED) is 0.788. The molecule has 0 bridgehead atoms. The Morgan fingerprint density at radius 2 is 1.83 bits per heavy atom. The molecule has 1 fully saturated rings. The second kappa shape index (κ2) is 8.60. The Kier molecular flexibility index (Phi) is 6.35. The van der Waals surface area contributed by atoms with Crippen LogP contribution in [0.15, 0.2) is 29.2 Å². The van der Waals surface area contributed by atoms with Crippen LogP contribution in [0.1, 0.15) is 17.8 Å². The molecule has 1 aliphatic rings. The first-order valence-electron chi connectivity index (χ1n) is 9.46. The van der Waals surface area contributed by atoms with Gasteiger partial charge in [-0.15, -0.1) is 0 Å². The first-order chi connectivity index (χ1) is 13.7. The summed E-state index contributed by atoms with van der Waals surface area (Å²) in [6, 6.07) is 4.84. The van der Waals surface area contributed by atoms with E-state index >= 15 is 0 Å². The molecular weight excluding hydrogens is 397 g/mol. The minimum Gasteiger partial charge on any atom is -0.322 e. The standard InChI is InChI=1S/C19H26FN5O3S/c1-14-19(15(2)23(3)22-14)21-18(26)13-24-9-4-10-25(12-11-24)29(27,28)17-7-5-16(20)6-8-17/h5-8H,4,9-13H2,1-3H3,(H,21,26). The predicted octanol–water partition coefficient (Wildman–Crippen LogP) is 1.51. The first kappa shape index (κ1) is 21.4. The van der Waals surface area contributed by atoms with Crippen LogP contribution >= 0.6 is 0 Å². The van der Waals surface area contributed by atoms with Crippen molar-refractivity contribution in [1.82, 2.24) is 19.0 Å². The lowest BCUT2D eigenvalue weighted by Crippen LogP contribution is -2.38. The normalized spacial score (nSPS) is 16.6. The second-order valence-corrected chi connectivity index (χ2v) is 9.14. The number of nitrogens with zero attached hydrogens (tertiary/aromatic N) is 4. The molecule has 0 atom stereocenters. The number of sulfonamides is 1. The molecule has 2 aromatic rings. The van der Waals surface area contributed by atoms with Gasteiger partial charge in [0.1, 0.15) is 5.82 Å². The van der Waals surface area contributed by atoms with Crippen LogP contribution in [0.3, 0.4) is 0 Å². The summed E-state index contributed by atoms with van der Waals surface area (Å²) in [4.78, 5) is 14.5. The highest BCUT2D eigenvalue weighted by Gasteiger charge is 2.27. The number of aryl methyl sites for hydroxylation is 2. The molecule has 3 rings (SSSR count). The third-order valence-electron chi connectivity index (χ3n) is 5.14. The number of amides is 1. The van der Waals surface area contributed by atoms with Gasteiger partial charge in [0.15, 0.2) is 0 Å². The summed E-state index contributed by atoms with van der Waals surface area (Å²) in [5.41, 5.74) is 2.35. The average Bonchev–Trinajstić information content (AvgIpc) is 2.84.